The van der Waals surface area contributed by atoms with Gasteiger partial charge in [-0.3, -0.25) is 4.79 Å². The van der Waals surface area contributed by atoms with Crippen LogP contribution < -0.4 is 9.64 Å². The molecule has 0 amide bonds. The standard InChI is InChI=1S/C25H27F6N3O3/c26-24(27,28)17-8-6-16(7-9-17)3-1-5-20(35)19-4-2-12-34(19)21-15-22(33-23(32-21)25(29,30)31)37-18-10-13-36-14-11-18/h6-9,15,18-19H,1-5,10-14H2/t19-/m0/s1. The molecule has 2 aliphatic heterocycles. The van der Waals surface area contributed by atoms with Crippen molar-refractivity contribution < 1.29 is 40.6 Å². The van der Waals surface area contributed by atoms with E-state index in [1.54, 1.807) is 4.90 Å². The quantitative estimate of drug-likeness (QED) is 0.412. The predicted octanol–water partition coefficient (Wildman–Crippen LogP) is 5.63. The molecule has 0 saturated carbocycles. The van der Waals surface area contributed by atoms with Gasteiger partial charge in [0.2, 0.25) is 11.7 Å². The molecule has 37 heavy (non-hydrogen) atoms. The molecule has 3 heterocycles. The molecule has 0 unspecified atom stereocenters. The van der Waals surface area contributed by atoms with Gasteiger partial charge in [-0.25, -0.2) is 4.98 Å². The summed E-state index contributed by atoms with van der Waals surface area (Å²) < 4.78 is 89.8. The van der Waals surface area contributed by atoms with Crippen LogP contribution in [0.5, 0.6) is 5.88 Å². The van der Waals surface area contributed by atoms with Crippen molar-refractivity contribution in [2.75, 3.05) is 24.7 Å². The van der Waals surface area contributed by atoms with Crippen molar-refractivity contribution in [3.63, 3.8) is 0 Å². The molecule has 6 nitrogen and oxygen atoms in total. The molecule has 2 aromatic rings. The van der Waals surface area contributed by atoms with Crippen LogP contribution in [0, 0.1) is 0 Å². The number of nitrogens with zero attached hydrogens (tertiary/aromatic N) is 3. The first kappa shape index (κ1) is 27.2. The maximum Gasteiger partial charge on any atom is 0.451 e. The average Bonchev–Trinajstić information content (AvgIpc) is 3.34. The second-order valence-electron chi connectivity index (χ2n) is 9.18. The van der Waals surface area contributed by atoms with Gasteiger partial charge in [0.25, 0.3) is 0 Å². The van der Waals surface area contributed by atoms with E-state index in [1.165, 1.54) is 18.2 Å². The topological polar surface area (TPSA) is 64.6 Å². The number of anilines is 1. The lowest BCUT2D eigenvalue weighted by molar-refractivity contribution is -0.145. The first-order chi connectivity index (χ1) is 17.5. The van der Waals surface area contributed by atoms with Gasteiger partial charge in [0.15, 0.2) is 5.78 Å². The minimum absolute atomic E-state index is 0.0111. The van der Waals surface area contributed by atoms with Crippen molar-refractivity contribution >= 4 is 11.6 Å². The Morgan fingerprint density at radius 1 is 1.00 bits per heavy atom. The highest BCUT2D eigenvalue weighted by atomic mass is 19.4. The zero-order valence-corrected chi connectivity index (χ0v) is 19.9. The minimum Gasteiger partial charge on any atom is -0.474 e. The van der Waals surface area contributed by atoms with Gasteiger partial charge in [0, 0.05) is 31.9 Å². The molecule has 0 spiro atoms. The van der Waals surface area contributed by atoms with Crippen molar-refractivity contribution in [2.24, 2.45) is 0 Å². The summed E-state index contributed by atoms with van der Waals surface area (Å²) in [5.74, 6) is -1.68. The van der Waals surface area contributed by atoms with E-state index < -0.39 is 29.8 Å². The highest BCUT2D eigenvalue weighted by molar-refractivity contribution is 5.87. The minimum atomic E-state index is -4.79. The summed E-state index contributed by atoms with van der Waals surface area (Å²) in [7, 11) is 0. The number of ether oxygens (including phenoxy) is 2. The Hall–Kier alpha value is -2.89. The van der Waals surface area contributed by atoms with Gasteiger partial charge in [-0.1, -0.05) is 12.1 Å². The summed E-state index contributed by atoms with van der Waals surface area (Å²) in [6.07, 6.45) is -6.42. The number of halogens is 6. The van der Waals surface area contributed by atoms with E-state index in [4.69, 9.17) is 9.47 Å². The Kier molecular flexibility index (Phi) is 8.25. The molecule has 2 saturated heterocycles. The lowest BCUT2D eigenvalue weighted by atomic mass is 10.0. The fraction of sp³-hybridized carbons (Fsp3) is 0.560. The molecule has 2 fully saturated rings. The van der Waals surface area contributed by atoms with Crippen molar-refractivity contribution in [1.82, 2.24) is 9.97 Å². The maximum atomic E-state index is 13.5. The normalized spacial score (nSPS) is 19.3. The van der Waals surface area contributed by atoms with E-state index in [9.17, 15) is 31.1 Å². The first-order valence-electron chi connectivity index (χ1n) is 12.2. The number of rotatable bonds is 8. The molecule has 1 aromatic carbocycles. The number of aryl methyl sites for hydroxylation is 1. The van der Waals surface area contributed by atoms with Crippen molar-refractivity contribution in [1.29, 1.82) is 0 Å². The third-order valence-corrected chi connectivity index (χ3v) is 6.49. The summed E-state index contributed by atoms with van der Waals surface area (Å²) in [4.78, 5) is 21.8. The van der Waals surface area contributed by atoms with Gasteiger partial charge >= 0.3 is 12.4 Å². The molecule has 4 rings (SSSR count). The van der Waals surface area contributed by atoms with Crippen molar-refractivity contribution in [3.05, 3.63) is 47.3 Å². The summed E-state index contributed by atoms with van der Waals surface area (Å²) in [5.41, 5.74) is -0.0678. The predicted molar refractivity (Wildman–Crippen MR) is 121 cm³/mol. The number of Topliss-reactive ketones (excluding diaryl/α,β-unsaturated/α-hetero) is 1. The molecular formula is C25H27F6N3O3. The van der Waals surface area contributed by atoms with E-state index in [0.29, 0.717) is 63.8 Å². The second kappa shape index (κ2) is 11.2. The highest BCUT2D eigenvalue weighted by Crippen LogP contribution is 2.34. The number of aromatic nitrogens is 2. The number of carbonyl (C=O) groups is 1. The molecule has 0 N–H and O–H groups in total. The smallest absolute Gasteiger partial charge is 0.451 e. The molecule has 12 heteroatoms. The lowest BCUT2D eigenvalue weighted by Crippen LogP contribution is -2.37. The van der Waals surface area contributed by atoms with E-state index >= 15 is 0 Å². The SMILES string of the molecule is O=C(CCCc1ccc(C(F)(F)F)cc1)[C@@H]1CCCN1c1cc(OC2CCOCC2)nc(C(F)(F)F)n1. The summed E-state index contributed by atoms with van der Waals surface area (Å²) in [6, 6.07) is 5.48. The van der Waals surface area contributed by atoms with Gasteiger partial charge in [0.05, 0.1) is 24.8 Å². The fourth-order valence-electron chi connectivity index (χ4n) is 4.58. The third-order valence-electron chi connectivity index (χ3n) is 6.49. The zero-order chi connectivity index (χ0) is 26.6. The number of carbonyl (C=O) groups excluding carboxylic acids is 1. The molecule has 0 bridgehead atoms. The Balaban J connectivity index is 1.42. The number of hydrogen-bond acceptors (Lipinski definition) is 6. The molecule has 0 aliphatic carbocycles. The number of benzene rings is 1. The van der Waals surface area contributed by atoms with Crippen molar-refractivity contribution in [2.45, 2.75) is 69.4 Å². The van der Waals surface area contributed by atoms with Crippen molar-refractivity contribution in [3.8, 4) is 5.88 Å². The molecule has 2 aliphatic rings. The summed E-state index contributed by atoms with van der Waals surface area (Å²) >= 11 is 0. The highest BCUT2D eigenvalue weighted by Gasteiger charge is 2.38. The second-order valence-corrected chi connectivity index (χ2v) is 9.18. The number of alkyl halides is 6. The number of ketones is 1. The van der Waals surface area contributed by atoms with E-state index in [-0.39, 0.29) is 30.0 Å². The van der Waals surface area contributed by atoms with Crippen LogP contribution in [0.4, 0.5) is 32.2 Å². The van der Waals surface area contributed by atoms with Gasteiger partial charge in [-0.15, -0.1) is 0 Å². The van der Waals surface area contributed by atoms with Crippen LogP contribution in [0.25, 0.3) is 0 Å². The molecule has 202 valence electrons. The van der Waals surface area contributed by atoms with Gasteiger partial charge in [-0.2, -0.15) is 31.3 Å². The van der Waals surface area contributed by atoms with Crippen LogP contribution in [0.1, 0.15) is 55.5 Å². The lowest BCUT2D eigenvalue weighted by Gasteiger charge is -2.27. The van der Waals surface area contributed by atoms with Crippen LogP contribution in [-0.4, -0.2) is 47.7 Å². The fourth-order valence-corrected chi connectivity index (χ4v) is 4.58. The van der Waals surface area contributed by atoms with Crippen LogP contribution >= 0.6 is 0 Å². The summed E-state index contributed by atoms with van der Waals surface area (Å²) in [6.45, 7) is 1.26. The molecular weight excluding hydrogens is 504 g/mol. The zero-order valence-electron chi connectivity index (χ0n) is 19.9. The van der Waals surface area contributed by atoms with Crippen LogP contribution in [0.3, 0.4) is 0 Å². The van der Waals surface area contributed by atoms with Gasteiger partial charge in [-0.05, 0) is 43.4 Å². The largest absolute Gasteiger partial charge is 0.474 e. The van der Waals surface area contributed by atoms with Crippen LogP contribution in [0.15, 0.2) is 30.3 Å². The third kappa shape index (κ3) is 7.12. The van der Waals surface area contributed by atoms with Gasteiger partial charge in [0.1, 0.15) is 11.9 Å². The van der Waals surface area contributed by atoms with E-state index in [2.05, 4.69) is 9.97 Å². The molecule has 0 radical (unpaired) electrons. The number of hydrogen-bond donors (Lipinski definition) is 0. The Bertz CT molecular complexity index is 1070. The Labute approximate surface area is 210 Å². The molecule has 1 atom stereocenters. The Morgan fingerprint density at radius 2 is 1.70 bits per heavy atom. The Morgan fingerprint density at radius 3 is 2.35 bits per heavy atom. The van der Waals surface area contributed by atoms with Crippen LogP contribution in [0.2, 0.25) is 0 Å². The maximum absolute atomic E-state index is 13.5. The first-order valence-corrected chi connectivity index (χ1v) is 12.2. The molecule has 1 aromatic heterocycles. The average molecular weight is 531 g/mol. The summed E-state index contributed by atoms with van der Waals surface area (Å²) in [5, 5.41) is 0. The van der Waals surface area contributed by atoms with Crippen LogP contribution in [-0.2, 0) is 28.3 Å². The van der Waals surface area contributed by atoms with Gasteiger partial charge < -0.3 is 14.4 Å². The monoisotopic (exact) mass is 531 g/mol. The van der Waals surface area contributed by atoms with E-state index in [0.717, 1.165) is 12.1 Å². The van der Waals surface area contributed by atoms with E-state index in [1.807, 2.05) is 0 Å².